The number of carboxylic acid groups (broad SMARTS) is 1. The molecule has 1 heterocycles. The van der Waals surface area contributed by atoms with Gasteiger partial charge in [0.25, 0.3) is 10.2 Å². The predicted molar refractivity (Wildman–Crippen MR) is 75.4 cm³/mol. The van der Waals surface area contributed by atoms with E-state index in [1.807, 2.05) is 0 Å². The Morgan fingerprint density at radius 1 is 1.20 bits per heavy atom. The summed E-state index contributed by atoms with van der Waals surface area (Å²) in [6, 6.07) is -0.241. The van der Waals surface area contributed by atoms with Crippen LogP contribution >= 0.6 is 0 Å². The van der Waals surface area contributed by atoms with Crippen LogP contribution in [0.5, 0.6) is 0 Å². The lowest BCUT2D eigenvalue weighted by atomic mass is 9.86. The van der Waals surface area contributed by atoms with Crippen LogP contribution in [0.1, 0.15) is 45.4 Å². The zero-order valence-electron chi connectivity index (χ0n) is 11.9. The van der Waals surface area contributed by atoms with Gasteiger partial charge < -0.3 is 5.11 Å². The van der Waals surface area contributed by atoms with E-state index in [0.717, 1.165) is 25.7 Å². The summed E-state index contributed by atoms with van der Waals surface area (Å²) in [5.41, 5.74) is 0. The molecule has 2 aliphatic rings. The zero-order valence-corrected chi connectivity index (χ0v) is 12.7. The van der Waals surface area contributed by atoms with Gasteiger partial charge in [-0.25, -0.2) is 0 Å². The summed E-state index contributed by atoms with van der Waals surface area (Å²) >= 11 is 0. The number of carboxylic acids is 1. The van der Waals surface area contributed by atoms with Gasteiger partial charge in [0.1, 0.15) is 0 Å². The van der Waals surface area contributed by atoms with Crippen molar-refractivity contribution in [3.05, 3.63) is 0 Å². The zero-order chi connectivity index (χ0) is 14.8. The van der Waals surface area contributed by atoms with Crippen LogP contribution < -0.4 is 4.72 Å². The molecule has 2 rings (SSSR count). The second kappa shape index (κ2) is 6.41. The van der Waals surface area contributed by atoms with E-state index in [-0.39, 0.29) is 6.04 Å². The molecule has 0 amide bonds. The quantitative estimate of drug-likeness (QED) is 0.817. The lowest BCUT2D eigenvalue weighted by Crippen LogP contribution is -2.49. The van der Waals surface area contributed by atoms with Gasteiger partial charge in [-0.1, -0.05) is 13.3 Å². The lowest BCUT2D eigenvalue weighted by molar-refractivity contribution is -0.143. The van der Waals surface area contributed by atoms with Gasteiger partial charge in [-0.15, -0.1) is 0 Å². The third kappa shape index (κ3) is 3.93. The topological polar surface area (TPSA) is 86.7 Å². The molecule has 0 aromatic heterocycles. The molecule has 2 unspecified atom stereocenters. The van der Waals surface area contributed by atoms with Crippen LogP contribution in [-0.4, -0.2) is 42.9 Å². The molecule has 2 atom stereocenters. The number of nitrogens with zero attached hydrogens (tertiary/aromatic N) is 1. The number of carbonyl (C=O) groups is 1. The number of nitrogens with one attached hydrogen (secondary N) is 1. The fourth-order valence-corrected chi connectivity index (χ4v) is 4.51. The molecule has 20 heavy (non-hydrogen) atoms. The Morgan fingerprint density at radius 2 is 1.85 bits per heavy atom. The molecule has 1 saturated carbocycles. The molecule has 2 N–H and O–H groups in total. The fraction of sp³-hybridized carbons (Fsp3) is 0.923. The molecule has 6 nitrogen and oxygen atoms in total. The summed E-state index contributed by atoms with van der Waals surface area (Å²) in [7, 11) is -3.47. The van der Waals surface area contributed by atoms with Crippen molar-refractivity contribution in [1.29, 1.82) is 0 Å². The second-order valence-corrected chi connectivity index (χ2v) is 7.81. The molecular formula is C13H24N2O4S. The first-order valence-electron chi connectivity index (χ1n) is 7.38. The Morgan fingerprint density at radius 3 is 2.45 bits per heavy atom. The first kappa shape index (κ1) is 15.7. The molecule has 0 spiro atoms. The van der Waals surface area contributed by atoms with Crippen LogP contribution in [0.3, 0.4) is 0 Å². The summed E-state index contributed by atoms with van der Waals surface area (Å²) in [5, 5.41) is 9.04. The average molecular weight is 304 g/mol. The Kier molecular flexibility index (Phi) is 5.04. The Hall–Kier alpha value is -0.660. The van der Waals surface area contributed by atoms with Crippen LogP contribution in [0.4, 0.5) is 0 Å². The Bertz CT molecular complexity index is 443. The highest BCUT2D eigenvalue weighted by Gasteiger charge is 2.32. The summed E-state index contributed by atoms with van der Waals surface area (Å²) in [6.07, 6.45) is 4.33. The van der Waals surface area contributed by atoms with E-state index in [4.69, 9.17) is 5.11 Å². The van der Waals surface area contributed by atoms with Gasteiger partial charge in [0.15, 0.2) is 0 Å². The van der Waals surface area contributed by atoms with E-state index in [9.17, 15) is 13.2 Å². The maximum Gasteiger partial charge on any atom is 0.306 e. The molecule has 0 radical (unpaired) electrons. The van der Waals surface area contributed by atoms with Gasteiger partial charge in [0.05, 0.1) is 5.92 Å². The van der Waals surface area contributed by atoms with Crippen molar-refractivity contribution in [3.8, 4) is 0 Å². The molecule has 0 aromatic carbocycles. The van der Waals surface area contributed by atoms with E-state index in [0.29, 0.717) is 31.8 Å². The minimum atomic E-state index is -3.47. The van der Waals surface area contributed by atoms with Crippen molar-refractivity contribution in [2.24, 2.45) is 11.8 Å². The first-order chi connectivity index (χ1) is 9.38. The average Bonchev–Trinajstić information content (AvgIpc) is 2.39. The number of piperidine rings is 1. The first-order valence-corrected chi connectivity index (χ1v) is 8.82. The van der Waals surface area contributed by atoms with E-state index in [2.05, 4.69) is 11.6 Å². The molecule has 2 fully saturated rings. The number of rotatable bonds is 4. The largest absolute Gasteiger partial charge is 0.481 e. The van der Waals surface area contributed by atoms with Crippen molar-refractivity contribution in [3.63, 3.8) is 0 Å². The monoisotopic (exact) mass is 304 g/mol. The van der Waals surface area contributed by atoms with Gasteiger partial charge in [-0.3, -0.25) is 4.79 Å². The molecule has 7 heteroatoms. The minimum absolute atomic E-state index is 0.241. The van der Waals surface area contributed by atoms with Crippen molar-refractivity contribution >= 4 is 16.2 Å². The van der Waals surface area contributed by atoms with Gasteiger partial charge in [-0.2, -0.15) is 17.4 Å². The van der Waals surface area contributed by atoms with Crippen molar-refractivity contribution in [2.45, 2.75) is 51.5 Å². The van der Waals surface area contributed by atoms with Crippen LogP contribution in [0.15, 0.2) is 0 Å². The summed E-state index contributed by atoms with van der Waals surface area (Å²) < 4.78 is 28.8. The molecule has 116 valence electrons. The van der Waals surface area contributed by atoms with Crippen molar-refractivity contribution < 1.29 is 18.3 Å². The Balaban J connectivity index is 1.92. The van der Waals surface area contributed by atoms with E-state index >= 15 is 0 Å². The number of hydrogen-bond acceptors (Lipinski definition) is 3. The van der Waals surface area contributed by atoms with E-state index < -0.39 is 22.1 Å². The molecule has 1 aliphatic carbocycles. The van der Waals surface area contributed by atoms with E-state index in [1.165, 1.54) is 4.31 Å². The SMILES string of the molecule is CC1CCN(S(=O)(=O)NC2CCCC(C(=O)O)C2)CC1. The maximum absolute atomic E-state index is 12.3. The fourth-order valence-electron chi connectivity index (χ4n) is 3.03. The highest BCUT2D eigenvalue weighted by molar-refractivity contribution is 7.87. The summed E-state index contributed by atoms with van der Waals surface area (Å²) in [5.74, 6) is -0.661. The van der Waals surface area contributed by atoms with Gasteiger partial charge in [0.2, 0.25) is 0 Å². The third-order valence-corrected chi connectivity index (χ3v) is 6.10. The Labute approximate surface area is 120 Å². The number of aliphatic carboxylic acids is 1. The second-order valence-electron chi connectivity index (χ2n) is 6.10. The van der Waals surface area contributed by atoms with Crippen molar-refractivity contribution in [1.82, 2.24) is 9.03 Å². The third-order valence-electron chi connectivity index (χ3n) is 4.42. The van der Waals surface area contributed by atoms with Gasteiger partial charge in [0, 0.05) is 19.1 Å². The van der Waals surface area contributed by atoms with E-state index in [1.54, 1.807) is 0 Å². The smallest absolute Gasteiger partial charge is 0.306 e. The predicted octanol–water partition coefficient (Wildman–Crippen LogP) is 1.20. The molecule has 0 aromatic rings. The van der Waals surface area contributed by atoms with Gasteiger partial charge >= 0.3 is 5.97 Å². The van der Waals surface area contributed by atoms with Gasteiger partial charge in [-0.05, 0) is 38.0 Å². The highest BCUT2D eigenvalue weighted by Crippen LogP contribution is 2.26. The number of hydrogen-bond donors (Lipinski definition) is 2. The van der Waals surface area contributed by atoms with Crippen LogP contribution in [-0.2, 0) is 15.0 Å². The van der Waals surface area contributed by atoms with Crippen LogP contribution in [0.2, 0.25) is 0 Å². The molecular weight excluding hydrogens is 280 g/mol. The standard InChI is InChI=1S/C13H24N2O4S/c1-10-5-7-15(8-6-10)20(18,19)14-12-4-2-3-11(9-12)13(16)17/h10-12,14H,2-9H2,1H3,(H,16,17). The molecule has 1 aliphatic heterocycles. The summed E-state index contributed by atoms with van der Waals surface area (Å²) in [4.78, 5) is 11.0. The minimum Gasteiger partial charge on any atom is -0.481 e. The van der Waals surface area contributed by atoms with Crippen LogP contribution in [0.25, 0.3) is 0 Å². The lowest BCUT2D eigenvalue weighted by Gasteiger charge is -2.33. The molecule has 0 bridgehead atoms. The highest BCUT2D eigenvalue weighted by atomic mass is 32.2. The maximum atomic E-state index is 12.3. The molecule has 1 saturated heterocycles. The van der Waals surface area contributed by atoms with Crippen LogP contribution in [0, 0.1) is 11.8 Å². The van der Waals surface area contributed by atoms with Crippen molar-refractivity contribution in [2.75, 3.05) is 13.1 Å². The normalized spacial score (nSPS) is 30.2. The summed E-state index contributed by atoms with van der Waals surface area (Å²) in [6.45, 7) is 3.26.